The first kappa shape index (κ1) is 19.6. The summed E-state index contributed by atoms with van der Waals surface area (Å²) in [5, 5.41) is 0.341. The van der Waals surface area contributed by atoms with E-state index in [1.807, 2.05) is 6.92 Å². The molecule has 26 heavy (non-hydrogen) atoms. The van der Waals surface area contributed by atoms with Crippen LogP contribution in [0.4, 0.5) is 0 Å². The molecule has 0 aromatic carbocycles. The lowest BCUT2D eigenvalue weighted by atomic mass is 10.2. The molecule has 0 saturated heterocycles. The summed E-state index contributed by atoms with van der Waals surface area (Å²) in [7, 11) is 0. The van der Waals surface area contributed by atoms with Crippen molar-refractivity contribution in [1.29, 1.82) is 0 Å². The van der Waals surface area contributed by atoms with Gasteiger partial charge in [0.15, 0.2) is 11.9 Å². The molecule has 0 aliphatic carbocycles. The summed E-state index contributed by atoms with van der Waals surface area (Å²) in [6.45, 7) is 7.07. The number of rotatable bonds is 6. The summed E-state index contributed by atoms with van der Waals surface area (Å²) in [6.07, 6.45) is 5.57. The van der Waals surface area contributed by atoms with Gasteiger partial charge >= 0.3 is 11.9 Å². The van der Waals surface area contributed by atoms with Crippen molar-refractivity contribution in [3.05, 3.63) is 50.9 Å². The molecule has 2 aromatic rings. The Morgan fingerprint density at radius 3 is 2.73 bits per heavy atom. The number of aromatic amines is 1. The molecule has 8 heteroatoms. The van der Waals surface area contributed by atoms with E-state index in [-0.39, 0.29) is 18.0 Å². The van der Waals surface area contributed by atoms with Gasteiger partial charge in [-0.15, -0.1) is 11.3 Å². The number of fused-ring (bicyclic) bond motifs is 1. The number of nitrogens with zero attached hydrogens (tertiary/aromatic N) is 1. The van der Waals surface area contributed by atoms with Crippen LogP contribution in [0.5, 0.6) is 0 Å². The van der Waals surface area contributed by atoms with Gasteiger partial charge in [0.2, 0.25) is 0 Å². The van der Waals surface area contributed by atoms with Crippen molar-refractivity contribution < 1.29 is 19.1 Å². The number of carbonyl (C=O) groups is 2. The largest absolute Gasteiger partial charge is 0.462 e. The van der Waals surface area contributed by atoms with Gasteiger partial charge in [-0.25, -0.2) is 14.6 Å². The molecule has 0 radical (unpaired) electrons. The molecule has 0 unspecified atom stereocenters. The van der Waals surface area contributed by atoms with Gasteiger partial charge in [0.1, 0.15) is 9.71 Å². The van der Waals surface area contributed by atoms with Crippen molar-refractivity contribution in [2.24, 2.45) is 0 Å². The van der Waals surface area contributed by atoms with E-state index in [1.54, 1.807) is 39.0 Å². The average molecular weight is 376 g/mol. The molecule has 0 saturated carbocycles. The van der Waals surface area contributed by atoms with E-state index in [0.29, 0.717) is 20.7 Å². The van der Waals surface area contributed by atoms with E-state index in [2.05, 4.69) is 9.97 Å². The van der Waals surface area contributed by atoms with Crippen molar-refractivity contribution in [2.45, 2.75) is 33.8 Å². The zero-order chi connectivity index (χ0) is 19.3. The quantitative estimate of drug-likeness (QED) is 0.472. The number of aryl methyl sites for hydroxylation is 1. The highest BCUT2D eigenvalue weighted by atomic mass is 32.1. The molecular weight excluding hydrogens is 356 g/mol. The standard InChI is InChI=1S/C18H20N2O5S/c1-5-7-8-9-12(21)25-11(4)15-19-16(22)13-10(3)14(18(23)24-6-2)26-17(13)20-15/h5,7-9,11H,6H2,1-4H3,(H,19,20,22)/b7-5+,9-8+/t11-/m1/s1. The van der Waals surface area contributed by atoms with Crippen molar-refractivity contribution in [2.75, 3.05) is 6.61 Å². The average Bonchev–Trinajstić information content (AvgIpc) is 2.92. The number of carbonyl (C=O) groups excluding carboxylic acids is 2. The Kier molecular flexibility index (Phi) is 6.46. The zero-order valence-corrected chi connectivity index (χ0v) is 15.8. The fourth-order valence-corrected chi connectivity index (χ4v) is 3.34. The lowest BCUT2D eigenvalue weighted by Crippen LogP contribution is -2.16. The zero-order valence-electron chi connectivity index (χ0n) is 15.0. The molecule has 2 aromatic heterocycles. The van der Waals surface area contributed by atoms with Gasteiger partial charge in [-0.1, -0.05) is 18.2 Å². The molecule has 7 nitrogen and oxygen atoms in total. The second-order valence-corrected chi connectivity index (χ2v) is 6.37. The second kappa shape index (κ2) is 8.57. The Morgan fingerprint density at radius 2 is 2.08 bits per heavy atom. The number of ether oxygens (including phenoxy) is 2. The summed E-state index contributed by atoms with van der Waals surface area (Å²) in [6, 6.07) is 0. The lowest BCUT2D eigenvalue weighted by Gasteiger charge is -2.10. The van der Waals surface area contributed by atoms with E-state index in [0.717, 1.165) is 11.3 Å². The fourth-order valence-electron chi connectivity index (χ4n) is 2.26. The van der Waals surface area contributed by atoms with Crippen molar-refractivity contribution in [3.63, 3.8) is 0 Å². The third-order valence-electron chi connectivity index (χ3n) is 3.49. The number of hydrogen-bond acceptors (Lipinski definition) is 7. The van der Waals surface area contributed by atoms with Gasteiger partial charge < -0.3 is 14.5 Å². The molecule has 1 atom stereocenters. The van der Waals surface area contributed by atoms with E-state index < -0.39 is 18.0 Å². The van der Waals surface area contributed by atoms with Crippen LogP contribution in [-0.2, 0) is 14.3 Å². The normalized spacial score (nSPS) is 12.8. The number of hydrogen-bond donors (Lipinski definition) is 1. The Hall–Kier alpha value is -2.74. The minimum Gasteiger partial charge on any atom is -0.462 e. The minimum absolute atomic E-state index is 0.215. The summed E-state index contributed by atoms with van der Waals surface area (Å²) in [4.78, 5) is 43.9. The highest BCUT2D eigenvalue weighted by Gasteiger charge is 2.22. The molecule has 0 aliphatic heterocycles. The van der Waals surface area contributed by atoms with Crippen molar-refractivity contribution in [3.8, 4) is 0 Å². The predicted molar refractivity (Wildman–Crippen MR) is 99.4 cm³/mol. The summed E-state index contributed by atoms with van der Waals surface area (Å²) < 4.78 is 10.2. The van der Waals surface area contributed by atoms with E-state index in [9.17, 15) is 14.4 Å². The van der Waals surface area contributed by atoms with Gasteiger partial charge in [-0.2, -0.15) is 0 Å². The number of H-pyrrole nitrogens is 1. The minimum atomic E-state index is -0.747. The first-order valence-corrected chi connectivity index (χ1v) is 8.91. The molecule has 2 rings (SSSR count). The summed E-state index contributed by atoms with van der Waals surface area (Å²) in [5.74, 6) is -0.817. The maximum Gasteiger partial charge on any atom is 0.348 e. The lowest BCUT2D eigenvalue weighted by molar-refractivity contribution is -0.142. The molecular formula is C18H20N2O5S. The molecule has 138 valence electrons. The topological polar surface area (TPSA) is 98.3 Å². The van der Waals surface area contributed by atoms with E-state index in [1.165, 1.54) is 6.08 Å². The Bertz CT molecular complexity index is 939. The number of thiophene rings is 1. The second-order valence-electron chi connectivity index (χ2n) is 5.37. The number of esters is 2. The van der Waals surface area contributed by atoms with Gasteiger partial charge in [0.05, 0.1) is 12.0 Å². The van der Waals surface area contributed by atoms with E-state index >= 15 is 0 Å². The van der Waals surface area contributed by atoms with Gasteiger partial charge in [-0.05, 0) is 33.3 Å². The van der Waals surface area contributed by atoms with Crippen LogP contribution in [-0.4, -0.2) is 28.5 Å². The van der Waals surface area contributed by atoms with Crippen LogP contribution in [0.25, 0.3) is 10.2 Å². The van der Waals surface area contributed by atoms with E-state index in [4.69, 9.17) is 9.47 Å². The summed E-state index contributed by atoms with van der Waals surface area (Å²) >= 11 is 1.08. The number of allylic oxidation sites excluding steroid dienone is 3. The Morgan fingerprint density at radius 1 is 1.35 bits per heavy atom. The molecule has 0 amide bonds. The number of nitrogens with one attached hydrogen (secondary N) is 1. The smallest absolute Gasteiger partial charge is 0.348 e. The Labute approximate surface area is 154 Å². The monoisotopic (exact) mass is 376 g/mol. The van der Waals surface area contributed by atoms with Crippen LogP contribution < -0.4 is 5.56 Å². The van der Waals surface area contributed by atoms with Crippen molar-refractivity contribution >= 4 is 33.5 Å². The predicted octanol–water partition coefficient (Wildman–Crippen LogP) is 3.21. The maximum absolute atomic E-state index is 12.4. The van der Waals surface area contributed by atoms with Crippen LogP contribution in [0.2, 0.25) is 0 Å². The fraction of sp³-hybridized carbons (Fsp3) is 0.333. The molecule has 0 bridgehead atoms. The van der Waals surface area contributed by atoms with Gasteiger partial charge in [-0.3, -0.25) is 4.79 Å². The van der Waals surface area contributed by atoms with Crippen LogP contribution in [0.15, 0.2) is 29.1 Å². The van der Waals surface area contributed by atoms with Crippen molar-refractivity contribution in [1.82, 2.24) is 9.97 Å². The number of aromatic nitrogens is 2. The Balaban J connectivity index is 2.34. The molecule has 0 aliphatic rings. The maximum atomic E-state index is 12.4. The molecule has 2 heterocycles. The first-order valence-electron chi connectivity index (χ1n) is 8.09. The van der Waals surface area contributed by atoms with Gasteiger partial charge in [0.25, 0.3) is 5.56 Å². The van der Waals surface area contributed by atoms with Gasteiger partial charge in [0, 0.05) is 6.08 Å². The van der Waals surface area contributed by atoms with Crippen LogP contribution in [0.1, 0.15) is 47.9 Å². The van der Waals surface area contributed by atoms with Crippen LogP contribution in [0, 0.1) is 6.92 Å². The molecule has 1 N–H and O–H groups in total. The third-order valence-corrected chi connectivity index (χ3v) is 4.66. The molecule has 0 fully saturated rings. The SMILES string of the molecule is C/C=C/C=C/C(=O)O[C@H](C)c1nc2sc(C(=O)OCC)c(C)c2c(=O)[nH]1. The first-order chi connectivity index (χ1) is 12.4. The highest BCUT2D eigenvalue weighted by Crippen LogP contribution is 2.28. The third kappa shape index (κ3) is 4.26. The van der Waals surface area contributed by atoms with Crippen LogP contribution >= 0.6 is 11.3 Å². The molecule has 0 spiro atoms. The van der Waals surface area contributed by atoms with Crippen LogP contribution in [0.3, 0.4) is 0 Å². The summed E-state index contributed by atoms with van der Waals surface area (Å²) in [5.41, 5.74) is 0.143. The highest BCUT2D eigenvalue weighted by molar-refractivity contribution is 7.20.